The molecule has 180 valence electrons. The zero-order chi connectivity index (χ0) is 25.5. The van der Waals surface area contributed by atoms with E-state index in [9.17, 15) is 5.11 Å². The molecule has 0 fully saturated rings. The van der Waals surface area contributed by atoms with Gasteiger partial charge in [-0.2, -0.15) is 0 Å². The fourth-order valence-electron chi connectivity index (χ4n) is 5.28. The van der Waals surface area contributed by atoms with Crippen molar-refractivity contribution < 1.29 is 5.11 Å². The van der Waals surface area contributed by atoms with Crippen LogP contribution < -0.4 is 0 Å². The summed E-state index contributed by atoms with van der Waals surface area (Å²) in [6.45, 7) is 0.290. The summed E-state index contributed by atoms with van der Waals surface area (Å²) < 4.78 is 0. The molecule has 0 spiro atoms. The molecule has 0 aliphatic carbocycles. The van der Waals surface area contributed by atoms with Crippen LogP contribution in [0.4, 0.5) is 0 Å². The van der Waals surface area contributed by atoms with Gasteiger partial charge in [0.1, 0.15) is 5.75 Å². The third-order valence-electron chi connectivity index (χ3n) is 7.09. The van der Waals surface area contributed by atoms with Gasteiger partial charge in [0, 0.05) is 16.7 Å². The van der Waals surface area contributed by atoms with E-state index in [0.717, 1.165) is 43.4 Å². The molecule has 6 aromatic rings. The van der Waals surface area contributed by atoms with Crippen LogP contribution >= 0.6 is 0 Å². The number of nitrogens with zero attached hydrogens (tertiary/aromatic N) is 3. The maximum atomic E-state index is 11.0. The van der Waals surface area contributed by atoms with Crippen molar-refractivity contribution in [2.75, 3.05) is 6.54 Å². The smallest absolute Gasteiger partial charge is 0.162 e. The molecule has 0 radical (unpaired) electrons. The van der Waals surface area contributed by atoms with Crippen LogP contribution in [0.5, 0.6) is 5.75 Å². The second kappa shape index (κ2) is 9.09. The minimum atomic E-state index is 0.184. The summed E-state index contributed by atoms with van der Waals surface area (Å²) in [5.41, 5.74) is 3.26. The molecule has 1 aliphatic rings. The molecule has 1 N–H and O–H groups in total. The molecule has 4 nitrogen and oxygen atoms in total. The van der Waals surface area contributed by atoms with E-state index >= 15 is 0 Å². The molecule has 1 aliphatic heterocycles. The second-order valence-corrected chi connectivity index (χ2v) is 9.37. The lowest BCUT2D eigenvalue weighted by Crippen LogP contribution is -2.10. The van der Waals surface area contributed by atoms with Gasteiger partial charge in [-0.15, -0.1) is 0 Å². The number of hydrogen-bond donors (Lipinski definition) is 1. The standard InChI is InChI=1S/C34H23N3O/c38-31-20-19-24-11-3-6-16-27(24)32(31)30-21-35-33(28-17-7-12-22-9-1-4-14-25(22)28)37-34(36-30)29-18-8-13-23-10-2-5-15-26(23)29/h1-20,38H,21H2. The first-order valence-corrected chi connectivity index (χ1v) is 12.6. The highest BCUT2D eigenvalue weighted by molar-refractivity contribution is 6.26. The Morgan fingerprint density at radius 3 is 1.66 bits per heavy atom. The normalized spacial score (nSPS) is 13.7. The SMILES string of the molecule is Oc1ccc2ccccc2c1C1=NC(c2cccc3ccccc23)=NC(c2cccc3ccccc23)=NC1. The average Bonchev–Trinajstić information content (AvgIpc) is 3.19. The third kappa shape index (κ3) is 3.75. The van der Waals surface area contributed by atoms with E-state index in [0.29, 0.717) is 22.9 Å². The Balaban J connectivity index is 1.50. The number of benzene rings is 6. The number of aromatic hydroxyl groups is 1. The van der Waals surface area contributed by atoms with Crippen molar-refractivity contribution in [2.45, 2.75) is 0 Å². The van der Waals surface area contributed by atoms with Gasteiger partial charge in [-0.05, 0) is 38.4 Å². The number of aliphatic imine (C=N–C) groups is 3. The highest BCUT2D eigenvalue weighted by Gasteiger charge is 2.20. The van der Waals surface area contributed by atoms with Gasteiger partial charge in [-0.3, -0.25) is 4.99 Å². The van der Waals surface area contributed by atoms with Crippen LogP contribution in [-0.2, 0) is 0 Å². The van der Waals surface area contributed by atoms with Crippen LogP contribution in [0.3, 0.4) is 0 Å². The highest BCUT2D eigenvalue weighted by Crippen LogP contribution is 2.30. The third-order valence-corrected chi connectivity index (χ3v) is 7.09. The molecular formula is C34H23N3O. The van der Waals surface area contributed by atoms with Crippen molar-refractivity contribution in [3.05, 3.63) is 138 Å². The Morgan fingerprint density at radius 1 is 0.474 bits per heavy atom. The topological polar surface area (TPSA) is 57.3 Å². The van der Waals surface area contributed by atoms with Gasteiger partial charge < -0.3 is 5.11 Å². The molecule has 0 aromatic heterocycles. The Hall–Kier alpha value is -5.09. The van der Waals surface area contributed by atoms with Crippen molar-refractivity contribution in [1.29, 1.82) is 0 Å². The van der Waals surface area contributed by atoms with Crippen molar-refractivity contribution in [2.24, 2.45) is 15.0 Å². The van der Waals surface area contributed by atoms with Crippen LogP contribution in [0.2, 0.25) is 0 Å². The predicted octanol–water partition coefficient (Wildman–Crippen LogP) is 7.55. The number of fused-ring (bicyclic) bond motifs is 3. The summed E-state index contributed by atoms with van der Waals surface area (Å²) in [6, 6.07) is 40.6. The first-order chi connectivity index (χ1) is 18.8. The van der Waals surface area contributed by atoms with Crippen LogP contribution in [0, 0.1) is 0 Å². The van der Waals surface area contributed by atoms with Crippen LogP contribution in [0.1, 0.15) is 16.7 Å². The van der Waals surface area contributed by atoms with E-state index < -0.39 is 0 Å². The Bertz CT molecular complexity index is 1960. The molecule has 0 atom stereocenters. The van der Waals surface area contributed by atoms with Gasteiger partial charge in [0.25, 0.3) is 0 Å². The largest absolute Gasteiger partial charge is 0.507 e. The molecule has 6 aromatic carbocycles. The van der Waals surface area contributed by atoms with Crippen molar-refractivity contribution in [1.82, 2.24) is 0 Å². The summed E-state index contributed by atoms with van der Waals surface area (Å²) >= 11 is 0. The summed E-state index contributed by atoms with van der Waals surface area (Å²) in [5, 5.41) is 17.4. The van der Waals surface area contributed by atoms with Gasteiger partial charge in [0.15, 0.2) is 11.7 Å². The molecule has 7 rings (SSSR count). The first-order valence-electron chi connectivity index (χ1n) is 12.6. The molecule has 4 heteroatoms. The van der Waals surface area contributed by atoms with Crippen molar-refractivity contribution >= 4 is 49.7 Å². The molecular weight excluding hydrogens is 466 g/mol. The van der Waals surface area contributed by atoms with E-state index in [4.69, 9.17) is 15.0 Å². The van der Waals surface area contributed by atoms with Gasteiger partial charge >= 0.3 is 0 Å². The van der Waals surface area contributed by atoms with E-state index in [2.05, 4.69) is 48.5 Å². The molecule has 0 bridgehead atoms. The van der Waals surface area contributed by atoms with Gasteiger partial charge in [-0.25, -0.2) is 9.98 Å². The summed E-state index contributed by atoms with van der Waals surface area (Å²) in [4.78, 5) is 15.2. The lowest BCUT2D eigenvalue weighted by atomic mass is 9.99. The maximum absolute atomic E-state index is 11.0. The van der Waals surface area contributed by atoms with Crippen LogP contribution in [-0.4, -0.2) is 29.0 Å². The quantitative estimate of drug-likeness (QED) is 0.274. The van der Waals surface area contributed by atoms with Crippen LogP contribution in [0.15, 0.2) is 136 Å². The number of rotatable bonds is 3. The highest BCUT2D eigenvalue weighted by atomic mass is 16.3. The van der Waals surface area contributed by atoms with E-state index in [1.807, 2.05) is 66.7 Å². The molecule has 0 saturated heterocycles. The lowest BCUT2D eigenvalue weighted by Gasteiger charge is -2.11. The van der Waals surface area contributed by atoms with Gasteiger partial charge in [-0.1, -0.05) is 115 Å². The van der Waals surface area contributed by atoms with Gasteiger partial charge in [0.05, 0.1) is 12.3 Å². The van der Waals surface area contributed by atoms with E-state index in [-0.39, 0.29) is 12.3 Å². The second-order valence-electron chi connectivity index (χ2n) is 9.37. The first kappa shape index (κ1) is 22.1. The van der Waals surface area contributed by atoms with E-state index in [1.54, 1.807) is 6.07 Å². The molecule has 0 unspecified atom stereocenters. The summed E-state index contributed by atoms with van der Waals surface area (Å²) in [5.74, 6) is 1.39. The van der Waals surface area contributed by atoms with Crippen molar-refractivity contribution in [3.63, 3.8) is 0 Å². The monoisotopic (exact) mass is 489 g/mol. The fraction of sp³-hybridized carbons (Fsp3) is 0.0294. The molecule has 0 amide bonds. The fourth-order valence-corrected chi connectivity index (χ4v) is 5.28. The number of hydrogen-bond acceptors (Lipinski definition) is 4. The minimum absolute atomic E-state index is 0.184. The maximum Gasteiger partial charge on any atom is 0.162 e. The lowest BCUT2D eigenvalue weighted by molar-refractivity contribution is 0.475. The molecule has 1 heterocycles. The van der Waals surface area contributed by atoms with Crippen molar-refractivity contribution in [3.8, 4) is 5.75 Å². The molecule has 38 heavy (non-hydrogen) atoms. The van der Waals surface area contributed by atoms with Crippen LogP contribution in [0.25, 0.3) is 32.3 Å². The summed E-state index contributed by atoms with van der Waals surface area (Å²) in [7, 11) is 0. The van der Waals surface area contributed by atoms with E-state index in [1.165, 1.54) is 0 Å². The minimum Gasteiger partial charge on any atom is -0.507 e. The zero-order valence-electron chi connectivity index (χ0n) is 20.5. The number of amidine groups is 2. The Labute approximate surface area is 220 Å². The Morgan fingerprint density at radius 2 is 1.00 bits per heavy atom. The summed E-state index contributed by atoms with van der Waals surface area (Å²) in [6.07, 6.45) is 0. The number of phenolic OH excluding ortho intramolecular Hbond substituents is 1. The number of phenols is 1. The average molecular weight is 490 g/mol. The van der Waals surface area contributed by atoms with Gasteiger partial charge in [0.2, 0.25) is 0 Å². The molecule has 0 saturated carbocycles. The predicted molar refractivity (Wildman–Crippen MR) is 158 cm³/mol. The zero-order valence-corrected chi connectivity index (χ0v) is 20.5. The Kier molecular flexibility index (Phi) is 5.30.